The van der Waals surface area contributed by atoms with Crippen LogP contribution in [0.4, 0.5) is 0 Å². The standard InChI is InChI=1S/C22H15ClO4/c1-25-22(24)15-4-2-14(3-5-15)21-13-16-12-19(10-11-20(16)27-21)26-18-8-6-17(23)7-9-18/h2-13H,1H3. The van der Waals surface area contributed by atoms with Gasteiger partial charge in [-0.25, -0.2) is 4.79 Å². The molecule has 5 heteroatoms. The molecule has 0 aliphatic rings. The van der Waals surface area contributed by atoms with E-state index in [9.17, 15) is 4.79 Å². The van der Waals surface area contributed by atoms with E-state index in [1.807, 2.05) is 48.5 Å². The summed E-state index contributed by atoms with van der Waals surface area (Å²) in [4.78, 5) is 11.5. The van der Waals surface area contributed by atoms with Crippen LogP contribution >= 0.6 is 11.6 Å². The minimum absolute atomic E-state index is 0.366. The molecule has 0 aliphatic carbocycles. The summed E-state index contributed by atoms with van der Waals surface area (Å²) in [5, 5.41) is 1.59. The number of hydrogen-bond donors (Lipinski definition) is 0. The molecule has 0 amide bonds. The van der Waals surface area contributed by atoms with Crippen molar-refractivity contribution in [3.05, 3.63) is 83.4 Å². The first kappa shape index (κ1) is 17.2. The lowest BCUT2D eigenvalue weighted by atomic mass is 10.1. The van der Waals surface area contributed by atoms with E-state index in [-0.39, 0.29) is 5.97 Å². The molecule has 134 valence electrons. The predicted molar refractivity (Wildman–Crippen MR) is 105 cm³/mol. The molecule has 4 aromatic rings. The first-order chi connectivity index (χ1) is 13.1. The summed E-state index contributed by atoms with van der Waals surface area (Å²) < 4.78 is 16.5. The first-order valence-corrected chi connectivity index (χ1v) is 8.66. The highest BCUT2D eigenvalue weighted by atomic mass is 35.5. The van der Waals surface area contributed by atoms with Crippen molar-refractivity contribution in [3.63, 3.8) is 0 Å². The van der Waals surface area contributed by atoms with Crippen molar-refractivity contribution < 1.29 is 18.7 Å². The van der Waals surface area contributed by atoms with E-state index in [4.69, 9.17) is 25.5 Å². The summed E-state index contributed by atoms with van der Waals surface area (Å²) in [6, 6.07) is 21.9. The summed E-state index contributed by atoms with van der Waals surface area (Å²) in [5.74, 6) is 1.76. The maximum Gasteiger partial charge on any atom is 0.337 e. The molecule has 27 heavy (non-hydrogen) atoms. The second kappa shape index (κ2) is 7.17. The number of fused-ring (bicyclic) bond motifs is 1. The van der Waals surface area contributed by atoms with Gasteiger partial charge < -0.3 is 13.9 Å². The van der Waals surface area contributed by atoms with Gasteiger partial charge in [0.25, 0.3) is 0 Å². The maximum absolute atomic E-state index is 11.5. The van der Waals surface area contributed by atoms with Crippen LogP contribution in [0.1, 0.15) is 10.4 Å². The zero-order chi connectivity index (χ0) is 18.8. The number of hydrogen-bond acceptors (Lipinski definition) is 4. The Bertz CT molecular complexity index is 1100. The highest BCUT2D eigenvalue weighted by Crippen LogP contribution is 2.32. The Hall–Kier alpha value is -3.24. The van der Waals surface area contributed by atoms with E-state index in [0.29, 0.717) is 27.8 Å². The number of benzene rings is 3. The molecule has 0 spiro atoms. The normalized spacial score (nSPS) is 10.7. The predicted octanol–water partition coefficient (Wildman–Crippen LogP) is 6.33. The number of ether oxygens (including phenoxy) is 2. The molecule has 0 unspecified atom stereocenters. The van der Waals surface area contributed by atoms with E-state index < -0.39 is 0 Å². The van der Waals surface area contributed by atoms with Crippen LogP contribution in [0.2, 0.25) is 5.02 Å². The molecule has 0 fully saturated rings. The molecule has 4 nitrogen and oxygen atoms in total. The molecule has 0 bridgehead atoms. The summed E-state index contributed by atoms with van der Waals surface area (Å²) in [6.07, 6.45) is 0. The first-order valence-electron chi connectivity index (χ1n) is 8.28. The molecule has 0 atom stereocenters. The lowest BCUT2D eigenvalue weighted by Crippen LogP contribution is -2.00. The number of methoxy groups -OCH3 is 1. The van der Waals surface area contributed by atoms with Crippen molar-refractivity contribution in [2.75, 3.05) is 7.11 Å². The van der Waals surface area contributed by atoms with Crippen LogP contribution < -0.4 is 4.74 Å². The molecule has 0 saturated carbocycles. The van der Waals surface area contributed by atoms with Gasteiger partial charge in [0.15, 0.2) is 0 Å². The highest BCUT2D eigenvalue weighted by Gasteiger charge is 2.10. The van der Waals surface area contributed by atoms with Gasteiger partial charge in [-0.3, -0.25) is 0 Å². The van der Waals surface area contributed by atoms with Crippen LogP contribution in [-0.2, 0) is 4.74 Å². The third kappa shape index (κ3) is 3.66. The van der Waals surface area contributed by atoms with Crippen LogP contribution in [0.3, 0.4) is 0 Å². The van der Waals surface area contributed by atoms with Gasteiger partial charge in [-0.2, -0.15) is 0 Å². The van der Waals surface area contributed by atoms with Crippen LogP contribution in [0.5, 0.6) is 11.5 Å². The summed E-state index contributed by atoms with van der Waals surface area (Å²) in [7, 11) is 1.36. The van der Waals surface area contributed by atoms with Crippen LogP contribution in [0, 0.1) is 0 Å². The molecule has 4 rings (SSSR count). The summed E-state index contributed by atoms with van der Waals surface area (Å²) >= 11 is 5.90. The lowest BCUT2D eigenvalue weighted by Gasteiger charge is -2.05. The zero-order valence-corrected chi connectivity index (χ0v) is 15.2. The van der Waals surface area contributed by atoms with Crippen molar-refractivity contribution in [1.82, 2.24) is 0 Å². The van der Waals surface area contributed by atoms with Crippen molar-refractivity contribution in [1.29, 1.82) is 0 Å². The Morgan fingerprint density at radius 3 is 2.30 bits per heavy atom. The fourth-order valence-corrected chi connectivity index (χ4v) is 2.88. The molecular formula is C22H15ClO4. The SMILES string of the molecule is COC(=O)c1ccc(-c2cc3cc(Oc4ccc(Cl)cc4)ccc3o2)cc1. The Kier molecular flexibility index (Phi) is 4.57. The van der Waals surface area contributed by atoms with Gasteiger partial charge in [-0.05, 0) is 60.7 Å². The second-order valence-electron chi connectivity index (χ2n) is 5.94. The third-order valence-electron chi connectivity index (χ3n) is 4.13. The number of carbonyl (C=O) groups is 1. The topological polar surface area (TPSA) is 48.7 Å². The van der Waals surface area contributed by atoms with Gasteiger partial charge >= 0.3 is 5.97 Å². The Balaban J connectivity index is 1.60. The number of halogens is 1. The largest absolute Gasteiger partial charge is 0.465 e. The second-order valence-corrected chi connectivity index (χ2v) is 6.37. The molecule has 0 aliphatic heterocycles. The van der Waals surface area contributed by atoms with Crippen molar-refractivity contribution >= 4 is 28.5 Å². The molecule has 1 aromatic heterocycles. The lowest BCUT2D eigenvalue weighted by molar-refractivity contribution is 0.0600. The van der Waals surface area contributed by atoms with Crippen molar-refractivity contribution in [2.45, 2.75) is 0 Å². The Morgan fingerprint density at radius 1 is 0.889 bits per heavy atom. The summed E-state index contributed by atoms with van der Waals surface area (Å²) in [6.45, 7) is 0. The van der Waals surface area contributed by atoms with Gasteiger partial charge in [0.2, 0.25) is 0 Å². The molecule has 1 heterocycles. The quantitative estimate of drug-likeness (QED) is 0.389. The van der Waals surface area contributed by atoms with Crippen LogP contribution in [0.25, 0.3) is 22.3 Å². The number of rotatable bonds is 4. The third-order valence-corrected chi connectivity index (χ3v) is 4.38. The van der Waals surface area contributed by atoms with Gasteiger partial charge in [-0.1, -0.05) is 23.7 Å². The average molecular weight is 379 g/mol. The van der Waals surface area contributed by atoms with Gasteiger partial charge in [0.1, 0.15) is 22.8 Å². The van der Waals surface area contributed by atoms with E-state index in [0.717, 1.165) is 16.5 Å². The monoisotopic (exact) mass is 378 g/mol. The highest BCUT2D eigenvalue weighted by molar-refractivity contribution is 6.30. The number of furan rings is 1. The van der Waals surface area contributed by atoms with Crippen molar-refractivity contribution in [2.24, 2.45) is 0 Å². The molecule has 0 saturated heterocycles. The molecule has 0 N–H and O–H groups in total. The Labute approximate surface area is 160 Å². The van der Waals surface area contributed by atoms with Gasteiger partial charge in [0.05, 0.1) is 12.7 Å². The van der Waals surface area contributed by atoms with Crippen molar-refractivity contribution in [3.8, 4) is 22.8 Å². The van der Waals surface area contributed by atoms with E-state index in [2.05, 4.69) is 0 Å². The van der Waals surface area contributed by atoms with E-state index in [1.54, 1.807) is 24.3 Å². The fourth-order valence-electron chi connectivity index (χ4n) is 2.75. The van der Waals surface area contributed by atoms with Gasteiger partial charge in [-0.15, -0.1) is 0 Å². The molecule has 3 aromatic carbocycles. The van der Waals surface area contributed by atoms with Crippen LogP contribution in [-0.4, -0.2) is 13.1 Å². The number of esters is 1. The molecule has 0 radical (unpaired) electrons. The molecular weight excluding hydrogens is 364 g/mol. The fraction of sp³-hybridized carbons (Fsp3) is 0.0455. The summed E-state index contributed by atoms with van der Waals surface area (Å²) in [5.41, 5.74) is 2.13. The minimum atomic E-state index is -0.366. The number of carbonyl (C=O) groups excluding carboxylic acids is 1. The van der Waals surface area contributed by atoms with E-state index >= 15 is 0 Å². The van der Waals surface area contributed by atoms with E-state index in [1.165, 1.54) is 7.11 Å². The minimum Gasteiger partial charge on any atom is -0.465 e. The zero-order valence-electron chi connectivity index (χ0n) is 14.4. The average Bonchev–Trinajstić information content (AvgIpc) is 3.12. The maximum atomic E-state index is 11.5. The Morgan fingerprint density at radius 2 is 1.59 bits per heavy atom. The van der Waals surface area contributed by atoms with Gasteiger partial charge in [0, 0.05) is 16.0 Å². The smallest absolute Gasteiger partial charge is 0.337 e. The van der Waals surface area contributed by atoms with Crippen LogP contribution in [0.15, 0.2) is 77.2 Å².